The first kappa shape index (κ1) is 15.8. The van der Waals surface area contributed by atoms with Gasteiger partial charge in [-0.25, -0.2) is 0 Å². The molecule has 1 saturated carbocycles. The van der Waals surface area contributed by atoms with Crippen LogP contribution in [0.3, 0.4) is 0 Å². The van der Waals surface area contributed by atoms with Crippen LogP contribution in [0.15, 0.2) is 42.8 Å². The lowest BCUT2D eigenvalue weighted by Crippen LogP contribution is -2.35. The highest BCUT2D eigenvalue weighted by Gasteiger charge is 2.22. The van der Waals surface area contributed by atoms with Crippen LogP contribution >= 0.6 is 0 Å². The molecule has 0 saturated heterocycles. The highest BCUT2D eigenvalue weighted by atomic mass is 16.5. The molecule has 2 aromatic rings. The number of fused-ring (bicyclic) bond motifs is 3. The molecule has 1 atom stereocenters. The largest absolute Gasteiger partial charge is 0.376 e. The minimum absolute atomic E-state index is 0.0100. The van der Waals surface area contributed by atoms with Gasteiger partial charge in [-0.3, -0.25) is 0 Å². The highest BCUT2D eigenvalue weighted by molar-refractivity contribution is 5.92. The molecule has 1 aromatic heterocycles. The molecule has 5 rings (SSSR count). The predicted octanol–water partition coefficient (Wildman–Crippen LogP) is 3.99. The minimum Gasteiger partial charge on any atom is -0.376 e. The van der Waals surface area contributed by atoms with E-state index < -0.39 is 0 Å². The SMILES string of the molecule is CN1C=Cc2c(c3ccc(C4=CNC(OC5CCC5)C=C4)cc3n2C)C1. The molecule has 4 heteroatoms. The van der Waals surface area contributed by atoms with Crippen molar-refractivity contribution in [3.63, 3.8) is 0 Å². The molecular weight excluding hydrogens is 322 g/mol. The summed E-state index contributed by atoms with van der Waals surface area (Å²) in [6.07, 6.45) is 14.9. The summed E-state index contributed by atoms with van der Waals surface area (Å²) in [7, 11) is 4.28. The van der Waals surface area contributed by atoms with E-state index in [9.17, 15) is 0 Å². The van der Waals surface area contributed by atoms with E-state index in [-0.39, 0.29) is 6.23 Å². The Labute approximate surface area is 154 Å². The van der Waals surface area contributed by atoms with Gasteiger partial charge in [0, 0.05) is 55.2 Å². The van der Waals surface area contributed by atoms with Crippen LogP contribution in [-0.4, -0.2) is 28.8 Å². The molecule has 1 N–H and O–H groups in total. The number of ether oxygens (including phenoxy) is 1. The lowest BCUT2D eigenvalue weighted by molar-refractivity contribution is -0.0387. The summed E-state index contributed by atoms with van der Waals surface area (Å²) in [4.78, 5) is 2.23. The molecule has 0 bridgehead atoms. The van der Waals surface area contributed by atoms with Crippen LogP contribution in [0.1, 0.15) is 36.1 Å². The van der Waals surface area contributed by atoms with Crippen molar-refractivity contribution in [2.75, 3.05) is 7.05 Å². The molecule has 1 aliphatic carbocycles. The fourth-order valence-corrected chi connectivity index (χ4v) is 4.04. The molecule has 0 spiro atoms. The van der Waals surface area contributed by atoms with E-state index in [1.54, 1.807) is 0 Å². The number of hydrogen-bond acceptors (Lipinski definition) is 3. The van der Waals surface area contributed by atoms with Gasteiger partial charge in [-0.15, -0.1) is 0 Å². The zero-order valence-corrected chi connectivity index (χ0v) is 15.4. The Bertz CT molecular complexity index is 946. The topological polar surface area (TPSA) is 29.4 Å². The van der Waals surface area contributed by atoms with Crippen LogP contribution in [0.4, 0.5) is 0 Å². The average molecular weight is 347 g/mol. The van der Waals surface area contributed by atoms with Crippen molar-refractivity contribution in [3.05, 3.63) is 59.6 Å². The van der Waals surface area contributed by atoms with Gasteiger partial charge in [0.2, 0.25) is 0 Å². The molecule has 26 heavy (non-hydrogen) atoms. The molecule has 0 amide bonds. The first-order valence-electron chi connectivity index (χ1n) is 9.49. The first-order valence-corrected chi connectivity index (χ1v) is 9.49. The Morgan fingerprint density at radius 1 is 1.15 bits per heavy atom. The number of aromatic nitrogens is 1. The zero-order chi connectivity index (χ0) is 17.7. The molecule has 0 radical (unpaired) electrons. The van der Waals surface area contributed by atoms with E-state index in [1.165, 1.54) is 52.6 Å². The minimum atomic E-state index is 0.0100. The van der Waals surface area contributed by atoms with E-state index in [1.807, 2.05) is 0 Å². The van der Waals surface area contributed by atoms with Gasteiger partial charge in [0.15, 0.2) is 0 Å². The van der Waals surface area contributed by atoms with Gasteiger partial charge in [0.05, 0.1) is 6.10 Å². The third-order valence-electron chi connectivity index (χ3n) is 5.83. The molecular formula is C22H25N3O. The summed E-state index contributed by atoms with van der Waals surface area (Å²) in [5, 5.41) is 4.74. The summed E-state index contributed by atoms with van der Waals surface area (Å²) in [6.45, 7) is 0.965. The molecule has 3 aliphatic rings. The molecule has 1 aromatic carbocycles. The van der Waals surface area contributed by atoms with E-state index in [2.05, 4.69) is 77.7 Å². The fraction of sp³-hybridized carbons (Fsp3) is 0.364. The van der Waals surface area contributed by atoms with Gasteiger partial charge in [0.25, 0.3) is 0 Å². The fourth-order valence-electron chi connectivity index (χ4n) is 4.04. The van der Waals surface area contributed by atoms with Crippen LogP contribution < -0.4 is 5.32 Å². The van der Waals surface area contributed by atoms with Gasteiger partial charge in [-0.1, -0.05) is 18.2 Å². The van der Waals surface area contributed by atoms with Crippen molar-refractivity contribution < 1.29 is 4.74 Å². The Hall–Kier alpha value is -2.46. The third-order valence-corrected chi connectivity index (χ3v) is 5.83. The Balaban J connectivity index is 1.43. The van der Waals surface area contributed by atoms with Crippen molar-refractivity contribution in [2.24, 2.45) is 7.05 Å². The smallest absolute Gasteiger partial charge is 0.147 e. The van der Waals surface area contributed by atoms with E-state index >= 15 is 0 Å². The normalized spacial score (nSPS) is 22.2. The Morgan fingerprint density at radius 2 is 2.04 bits per heavy atom. The van der Waals surface area contributed by atoms with Crippen LogP contribution in [0.25, 0.3) is 22.6 Å². The van der Waals surface area contributed by atoms with Gasteiger partial charge >= 0.3 is 0 Å². The van der Waals surface area contributed by atoms with Crippen molar-refractivity contribution in [1.82, 2.24) is 14.8 Å². The van der Waals surface area contributed by atoms with Crippen molar-refractivity contribution in [1.29, 1.82) is 0 Å². The number of hydrogen-bond donors (Lipinski definition) is 1. The van der Waals surface area contributed by atoms with Gasteiger partial charge < -0.3 is 19.5 Å². The van der Waals surface area contributed by atoms with E-state index in [0.29, 0.717) is 6.10 Å². The number of dihydropyridines is 1. The monoisotopic (exact) mass is 347 g/mol. The van der Waals surface area contributed by atoms with Gasteiger partial charge in [0.1, 0.15) is 6.23 Å². The lowest BCUT2D eigenvalue weighted by Gasteiger charge is -2.30. The highest BCUT2D eigenvalue weighted by Crippen LogP contribution is 2.32. The number of nitrogens with zero attached hydrogens (tertiary/aromatic N) is 2. The second-order valence-electron chi connectivity index (χ2n) is 7.62. The number of benzene rings is 1. The van der Waals surface area contributed by atoms with Gasteiger partial charge in [-0.2, -0.15) is 0 Å². The van der Waals surface area contributed by atoms with Crippen LogP contribution in [0.5, 0.6) is 0 Å². The van der Waals surface area contributed by atoms with Gasteiger partial charge in [-0.05, 0) is 48.6 Å². The van der Waals surface area contributed by atoms with Crippen LogP contribution in [0.2, 0.25) is 0 Å². The van der Waals surface area contributed by atoms with Crippen LogP contribution in [-0.2, 0) is 18.3 Å². The maximum absolute atomic E-state index is 6.01. The molecule has 1 unspecified atom stereocenters. The van der Waals surface area contributed by atoms with E-state index in [0.717, 1.165) is 6.54 Å². The maximum atomic E-state index is 6.01. The second-order valence-corrected chi connectivity index (χ2v) is 7.62. The molecule has 134 valence electrons. The average Bonchev–Trinajstić information content (AvgIpc) is 2.90. The van der Waals surface area contributed by atoms with Crippen molar-refractivity contribution in [2.45, 2.75) is 38.1 Å². The summed E-state index contributed by atoms with van der Waals surface area (Å²) < 4.78 is 8.31. The number of nitrogens with one attached hydrogen (secondary N) is 1. The molecule has 4 nitrogen and oxygen atoms in total. The Morgan fingerprint density at radius 3 is 2.77 bits per heavy atom. The number of allylic oxidation sites excluding steroid dienone is 2. The van der Waals surface area contributed by atoms with Crippen molar-refractivity contribution in [3.8, 4) is 0 Å². The zero-order valence-electron chi connectivity index (χ0n) is 15.4. The lowest BCUT2D eigenvalue weighted by atomic mass is 9.96. The molecule has 1 fully saturated rings. The standard InChI is InChI=1S/C22H25N3O/c1-24-11-10-20-19(14-24)18-8-6-15(12-21(18)25(20)2)16-7-9-22(23-13-16)26-17-4-3-5-17/h6-13,17,22-23H,3-5,14H2,1-2H3. The summed E-state index contributed by atoms with van der Waals surface area (Å²) in [6, 6.07) is 6.79. The van der Waals surface area contributed by atoms with Crippen LogP contribution in [0, 0.1) is 0 Å². The third kappa shape index (κ3) is 2.56. The molecule has 2 aliphatic heterocycles. The van der Waals surface area contributed by atoms with Crippen molar-refractivity contribution >= 4 is 22.6 Å². The predicted molar refractivity (Wildman–Crippen MR) is 106 cm³/mol. The molecule has 3 heterocycles. The maximum Gasteiger partial charge on any atom is 0.147 e. The van der Waals surface area contributed by atoms with E-state index in [4.69, 9.17) is 4.74 Å². The Kier molecular flexibility index (Phi) is 3.68. The number of rotatable bonds is 3. The first-order chi connectivity index (χ1) is 12.7. The number of aryl methyl sites for hydroxylation is 1. The summed E-state index contributed by atoms with van der Waals surface area (Å²) in [5.74, 6) is 0. The quantitative estimate of drug-likeness (QED) is 0.910. The summed E-state index contributed by atoms with van der Waals surface area (Å²) >= 11 is 0. The summed E-state index contributed by atoms with van der Waals surface area (Å²) in [5.41, 5.74) is 6.45. The second kappa shape index (κ2) is 6.06.